The van der Waals surface area contributed by atoms with Gasteiger partial charge in [0.15, 0.2) is 0 Å². The number of benzene rings is 4. The molecule has 4 aliphatic heterocycles. The van der Waals surface area contributed by atoms with E-state index in [9.17, 15) is 19.2 Å². The molecule has 0 unspecified atom stereocenters. The molecule has 39 heteroatoms. The Morgan fingerprint density at radius 2 is 0.723 bits per heavy atom. The number of aliphatic hydroxyl groups excluding tert-OH is 1. The number of morpholine rings is 4. The summed E-state index contributed by atoms with van der Waals surface area (Å²) in [7, 11) is -1.47. The molecule has 14 aromatic rings. The molecule has 0 amide bonds. The maximum atomic E-state index is 12.6. The molecule has 10 aromatic heterocycles. The van der Waals surface area contributed by atoms with E-state index in [0.29, 0.717) is 72.0 Å². The van der Waals surface area contributed by atoms with E-state index >= 15 is 0 Å². The number of aliphatic hydroxyl groups is 1. The molecule has 4 saturated heterocycles. The molecule has 4 atom stereocenters. The van der Waals surface area contributed by atoms with Crippen LogP contribution < -0.4 is 69.0 Å². The third kappa shape index (κ3) is 27.9. The zero-order valence-electron chi connectivity index (χ0n) is 73.1. The first kappa shape index (κ1) is 102. The number of nitrogen functional groups attached to an aromatic ring is 1. The van der Waals surface area contributed by atoms with Crippen molar-refractivity contribution in [3.63, 3.8) is 0 Å². The van der Waals surface area contributed by atoms with E-state index in [-0.39, 0.29) is 94.2 Å². The number of aryl methyl sites for hydroxylation is 4. The van der Waals surface area contributed by atoms with Crippen LogP contribution in [0.3, 0.4) is 0 Å². The van der Waals surface area contributed by atoms with Gasteiger partial charge in [0.05, 0.1) is 78.1 Å². The summed E-state index contributed by atoms with van der Waals surface area (Å²) in [6.45, 7) is 30.4. The molecule has 130 heavy (non-hydrogen) atoms. The van der Waals surface area contributed by atoms with Crippen LogP contribution in [-0.2, 0) is 18.9 Å². The average Bonchev–Trinajstić information content (AvgIpc) is 0.782. The number of ether oxygens (including phenoxy) is 4. The monoisotopic (exact) mass is 1910 g/mol. The van der Waals surface area contributed by atoms with E-state index in [1.165, 1.54) is 59.6 Å². The molecule has 0 aliphatic carbocycles. The van der Waals surface area contributed by atoms with Gasteiger partial charge in [-0.3, -0.25) is 19.2 Å². The molecule has 31 nitrogen and oxygen atoms in total. The minimum atomic E-state index is -1.47. The Hall–Kier alpha value is -11.3. The number of hydrogen-bond acceptors (Lipinski definition) is 27. The molecule has 12 N–H and O–H groups in total. The van der Waals surface area contributed by atoms with Gasteiger partial charge in [-0.05, 0) is 234 Å². The van der Waals surface area contributed by atoms with E-state index in [1.807, 2.05) is 54.6 Å². The molecule has 0 spiro atoms. The summed E-state index contributed by atoms with van der Waals surface area (Å²) < 4.78 is 22.5. The van der Waals surface area contributed by atoms with Crippen LogP contribution in [-0.4, -0.2) is 191 Å². The van der Waals surface area contributed by atoms with Crippen LogP contribution in [0.1, 0.15) is 63.8 Å². The molecule has 0 saturated carbocycles. The van der Waals surface area contributed by atoms with Crippen molar-refractivity contribution < 1.29 is 34.1 Å². The summed E-state index contributed by atoms with van der Waals surface area (Å²) >= 11 is 23.7. The summed E-state index contributed by atoms with van der Waals surface area (Å²) in [4.78, 5) is 101. The third-order valence-electron chi connectivity index (χ3n) is 20.5. The first-order valence-corrected chi connectivity index (χ1v) is 42.7. The maximum Gasteiger partial charge on any atom is 0.491 e. The summed E-state index contributed by atoms with van der Waals surface area (Å²) in [6.07, 6.45) is 16.1. The zero-order valence-corrected chi connectivity index (χ0v) is 78.5. The van der Waals surface area contributed by atoms with E-state index in [2.05, 4.69) is 188 Å². The van der Waals surface area contributed by atoms with Crippen molar-refractivity contribution in [1.29, 1.82) is 0 Å². The lowest BCUT2D eigenvalue weighted by molar-refractivity contribution is 0.0530. The summed E-state index contributed by atoms with van der Waals surface area (Å²) in [5, 5.41) is 40.8. The smallest absolute Gasteiger partial charge is 0.423 e. The lowest BCUT2D eigenvalue weighted by Crippen LogP contribution is -2.41. The van der Waals surface area contributed by atoms with Crippen LogP contribution in [0.25, 0.3) is 54.3 Å². The topological polar surface area (TPSA) is 407 Å². The van der Waals surface area contributed by atoms with Crippen molar-refractivity contribution in [2.75, 3.05) is 120 Å². The highest BCUT2D eigenvalue weighted by Gasteiger charge is 2.25. The number of hydrogen-bond donors (Lipinski definition) is 11. The van der Waals surface area contributed by atoms with Crippen LogP contribution in [0.15, 0.2) is 203 Å². The van der Waals surface area contributed by atoms with Gasteiger partial charge in [0.2, 0.25) is 0 Å². The molecule has 18 rings (SSSR count). The Labute approximate surface area is 789 Å². The van der Waals surface area contributed by atoms with E-state index in [0.717, 1.165) is 140 Å². The fourth-order valence-corrected chi connectivity index (χ4v) is 15.8. The normalized spacial score (nSPS) is 15.7. The molecule has 4 fully saturated rings. The second kappa shape index (κ2) is 48.5. The van der Waals surface area contributed by atoms with E-state index in [1.54, 1.807) is 69.1 Å². The Morgan fingerprint density at radius 1 is 0.423 bits per heavy atom. The first-order chi connectivity index (χ1) is 61.0. The molecule has 0 radical (unpaired) electrons. The molecule has 14 heterocycles. The van der Waals surface area contributed by atoms with E-state index < -0.39 is 7.12 Å². The number of pyridine rings is 8. The Kier molecular flexibility index (Phi) is 38.3. The van der Waals surface area contributed by atoms with Crippen molar-refractivity contribution in [3.05, 3.63) is 268 Å². The first-order valence-electron chi connectivity index (χ1n) is 41.2. The Bertz CT molecular complexity index is 6210. The van der Waals surface area contributed by atoms with Gasteiger partial charge in [-0.1, -0.05) is 46.4 Å². The molecule has 4 aromatic carbocycles. The van der Waals surface area contributed by atoms with Crippen LogP contribution in [0.2, 0.25) is 20.6 Å². The van der Waals surface area contributed by atoms with Crippen LogP contribution in [0.4, 0.5) is 63.0 Å². The largest absolute Gasteiger partial charge is 0.491 e. The fraction of sp³-hybridized carbons (Fsp3) is 0.297. The summed E-state index contributed by atoms with van der Waals surface area (Å²) in [5.74, 6) is 1.40. The van der Waals surface area contributed by atoms with Crippen LogP contribution in [0.5, 0.6) is 0 Å². The Balaban J connectivity index is 0.000000180. The van der Waals surface area contributed by atoms with Gasteiger partial charge < -0.3 is 95.3 Å². The standard InChI is InChI=1S/C24H24N6O2.2C20H21ClN4O2.C12H18N2O.C8H4Cl2N2O.C4H5BN2O2.C3H8O.3ClH/c1-15-9-19(3-4-21(15)30-7-8-32-16(2)13-30)28-23-22-17(5-6-27-24(22)31)10-20(29-23)18-11-25-14-26-12-18;2*1-12-9-15(3-4-16(12)25-7-8-27-13(2)11-25)23-19-18-14(10-17(21)24-19)5-6-22-20(18)26;1-9-7-11(13)3-4-12(9)14-5-6-15-10(2)8-14;9-5-3-4-1-2-11-8(13)6(4)7(10)12-5;8-5(9)4-1-6-3-7-2-4;1-3(2)4;;;/h3-6,9-12,14,16H,7-8,13H2,1-2H3,(H,27,31)(H,28,29);2*3-6,9-10,13H,7-8,11H2,1-2H3,(H,22,26)(H,23,24);3-4,7,10H,5-6,8,13H2,1-2H3;1-3H,(H,11,13);1-3,8-9H;3-4H,1-2H3;3*1H/t16-;2*13-;10-;;;;;;/m1111....../s1. The lowest BCUT2D eigenvalue weighted by Gasteiger charge is -2.34. The summed E-state index contributed by atoms with van der Waals surface area (Å²) in [5.41, 5.74) is 19.6. The average molecular weight is 1910 g/mol. The third-order valence-corrected chi connectivity index (χ3v) is 21.4. The number of nitrogens with zero attached hydrogens (tertiary/aromatic N) is 12. The number of nitrogens with two attached hydrogens (primary N) is 1. The maximum absolute atomic E-state index is 12.6. The van der Waals surface area contributed by atoms with Gasteiger partial charge in [0.25, 0.3) is 22.2 Å². The molecular weight excluding hydrogens is 1810 g/mol. The van der Waals surface area contributed by atoms with Gasteiger partial charge in [-0.15, -0.1) is 37.2 Å². The minimum Gasteiger partial charge on any atom is -0.423 e. The fourth-order valence-electron chi connectivity index (χ4n) is 14.9. The highest BCUT2D eigenvalue weighted by Crippen LogP contribution is 2.35. The van der Waals surface area contributed by atoms with Gasteiger partial charge in [-0.2, -0.15) is 0 Å². The van der Waals surface area contributed by atoms with E-state index in [4.69, 9.17) is 91.2 Å². The van der Waals surface area contributed by atoms with Crippen molar-refractivity contribution in [1.82, 2.24) is 59.8 Å². The van der Waals surface area contributed by atoms with Crippen LogP contribution in [0, 0.1) is 27.7 Å². The quantitative estimate of drug-likeness (QED) is 0.0307. The predicted molar refractivity (Wildman–Crippen MR) is 531 cm³/mol. The van der Waals surface area contributed by atoms with Crippen LogP contribution >= 0.6 is 83.6 Å². The highest BCUT2D eigenvalue weighted by atomic mass is 35.5. The van der Waals surface area contributed by atoms with Gasteiger partial charge in [-0.25, -0.2) is 39.9 Å². The second-order valence-electron chi connectivity index (χ2n) is 31.0. The number of aromatic amines is 4. The van der Waals surface area contributed by atoms with Gasteiger partial charge in [0, 0.05) is 165 Å². The molecule has 686 valence electrons. The number of nitrogens with one attached hydrogen (secondary N) is 7. The number of halogens is 7. The minimum absolute atomic E-state index is 0. The van der Waals surface area contributed by atoms with Crippen molar-refractivity contribution in [2.24, 2.45) is 0 Å². The number of anilines is 11. The van der Waals surface area contributed by atoms with Crippen molar-refractivity contribution >= 4 is 202 Å². The summed E-state index contributed by atoms with van der Waals surface area (Å²) in [6, 6.07) is 38.6. The Morgan fingerprint density at radius 3 is 1.05 bits per heavy atom. The number of H-pyrrole nitrogens is 4. The molecule has 0 bridgehead atoms. The SMILES string of the molecule is CC(C)O.Cc1cc(N)ccc1N1CCO[C@H](C)C1.Cc1cc(Nc2nc(-c3cncnc3)cc3cc[nH]c(=O)c23)ccc1N1CCO[C@H](C)C1.Cc1cc(Nc2nc(Cl)cc3cc[nH]c(=O)c23)ccc1N1CCO[C@H](C)C1.Cc1cc(Nc2nc(Cl)cc3cc[nH]c(=O)c23)ccc1N1CCO[C@H](C)C1.Cl.Cl.Cl.O=c1[nH]ccc2cc(Cl)nc(Cl)c12.OB(O)c1cncnc1. The predicted octanol–water partition coefficient (Wildman–Crippen LogP) is 15.2. The van der Waals surface area contributed by atoms with Gasteiger partial charge in [0.1, 0.15) is 50.7 Å². The number of fused-ring (bicyclic) bond motifs is 4. The second-order valence-corrected chi connectivity index (χ2v) is 32.5. The molecular formula is C91H104BCl7N20O11. The van der Waals surface area contributed by atoms with Crippen molar-refractivity contribution in [3.8, 4) is 11.3 Å². The molecule has 4 aliphatic rings. The highest BCUT2D eigenvalue weighted by molar-refractivity contribution is 6.58. The zero-order chi connectivity index (χ0) is 90.5. The van der Waals surface area contributed by atoms with Crippen molar-refractivity contribution in [2.45, 2.75) is 99.8 Å². The number of aromatic nitrogens is 12. The lowest BCUT2D eigenvalue weighted by atomic mass is 9.83. The number of rotatable bonds is 12. The van der Waals surface area contributed by atoms with Gasteiger partial charge >= 0.3 is 7.12 Å².